The number of benzene rings is 1. The third kappa shape index (κ3) is 1.73. The summed E-state index contributed by atoms with van der Waals surface area (Å²) in [5.41, 5.74) is 2.04. The summed E-state index contributed by atoms with van der Waals surface area (Å²) in [5.74, 6) is 0.470. The molecule has 7 nitrogen and oxygen atoms in total. The molecule has 0 radical (unpaired) electrons. The maximum atomic E-state index is 12.6. The highest BCUT2D eigenvalue weighted by Gasteiger charge is 2.53. The molecule has 4 rings (SSSR count). The molecule has 23 heavy (non-hydrogen) atoms. The number of urea groups is 1. The van der Waals surface area contributed by atoms with E-state index in [1.165, 1.54) is 11.9 Å². The fourth-order valence-corrected chi connectivity index (χ4v) is 3.31. The van der Waals surface area contributed by atoms with Gasteiger partial charge in [-0.25, -0.2) is 9.79 Å². The van der Waals surface area contributed by atoms with Gasteiger partial charge in [0.25, 0.3) is 5.91 Å². The average molecular weight is 311 g/mol. The number of guanidine groups is 1. The van der Waals surface area contributed by atoms with Crippen molar-refractivity contribution in [2.45, 2.75) is 12.2 Å². The molecular formula is C16H17N5O2. The summed E-state index contributed by atoms with van der Waals surface area (Å²) in [7, 11) is 5.11. The van der Waals surface area contributed by atoms with Crippen molar-refractivity contribution in [2.24, 2.45) is 4.99 Å². The smallest absolute Gasteiger partial charge is 0.313 e. The Balaban J connectivity index is 1.75. The summed E-state index contributed by atoms with van der Waals surface area (Å²) in [4.78, 5) is 35.8. The first kappa shape index (κ1) is 13.8. The van der Waals surface area contributed by atoms with Gasteiger partial charge in [0.15, 0.2) is 12.2 Å². The van der Waals surface area contributed by atoms with Gasteiger partial charge in [-0.3, -0.25) is 9.69 Å². The van der Waals surface area contributed by atoms with E-state index in [9.17, 15) is 9.59 Å². The molecule has 1 fully saturated rings. The molecule has 0 saturated carbocycles. The maximum absolute atomic E-state index is 12.6. The molecule has 1 saturated heterocycles. The van der Waals surface area contributed by atoms with Gasteiger partial charge in [-0.2, -0.15) is 0 Å². The topological polar surface area (TPSA) is 59.5 Å². The highest BCUT2D eigenvalue weighted by atomic mass is 16.2. The zero-order chi connectivity index (χ0) is 16.3. The van der Waals surface area contributed by atoms with Crippen molar-refractivity contribution in [1.29, 1.82) is 0 Å². The fraction of sp³-hybridized carbons (Fsp3) is 0.312. The molecule has 0 N–H and O–H groups in total. The maximum Gasteiger partial charge on any atom is 0.328 e. The van der Waals surface area contributed by atoms with E-state index < -0.39 is 12.2 Å². The summed E-state index contributed by atoms with van der Waals surface area (Å²) in [5, 5.41) is 0. The van der Waals surface area contributed by atoms with Crippen LogP contribution in [0.5, 0.6) is 0 Å². The lowest BCUT2D eigenvalue weighted by molar-refractivity contribution is -0.135. The van der Waals surface area contributed by atoms with E-state index in [1.807, 2.05) is 53.4 Å². The number of imide groups is 1. The van der Waals surface area contributed by atoms with Crippen LogP contribution in [0.1, 0.15) is 5.56 Å². The first-order chi connectivity index (χ1) is 11.0. The highest BCUT2D eigenvalue weighted by Crippen LogP contribution is 2.35. The number of carbonyl (C=O) groups is 2. The molecule has 0 aromatic heterocycles. The average Bonchev–Trinajstić information content (AvgIpc) is 3.09. The van der Waals surface area contributed by atoms with E-state index in [-0.39, 0.29) is 11.9 Å². The summed E-state index contributed by atoms with van der Waals surface area (Å²) < 4.78 is 0. The van der Waals surface area contributed by atoms with Crippen LogP contribution in [0.4, 0.5) is 4.79 Å². The van der Waals surface area contributed by atoms with Gasteiger partial charge >= 0.3 is 6.03 Å². The first-order valence-corrected chi connectivity index (χ1v) is 7.42. The van der Waals surface area contributed by atoms with Crippen molar-refractivity contribution in [3.8, 4) is 0 Å². The molecule has 3 aliphatic rings. The molecule has 7 heteroatoms. The first-order valence-electron chi connectivity index (χ1n) is 7.42. The molecule has 3 amide bonds. The quantitative estimate of drug-likeness (QED) is 0.770. The second-order valence-electron chi connectivity index (χ2n) is 5.92. The molecule has 1 aromatic rings. The Labute approximate surface area is 134 Å². The number of carbonyl (C=O) groups excluding carboxylic acids is 2. The van der Waals surface area contributed by atoms with Crippen LogP contribution in [0.25, 0.3) is 5.70 Å². The van der Waals surface area contributed by atoms with Gasteiger partial charge in [0.05, 0.1) is 5.70 Å². The molecule has 118 valence electrons. The van der Waals surface area contributed by atoms with Gasteiger partial charge in [0.1, 0.15) is 0 Å². The molecule has 2 unspecified atom stereocenters. The molecule has 0 spiro atoms. The van der Waals surface area contributed by atoms with Crippen molar-refractivity contribution >= 4 is 23.6 Å². The van der Waals surface area contributed by atoms with Gasteiger partial charge in [-0.1, -0.05) is 30.3 Å². The number of hydrogen-bond acceptors (Lipinski definition) is 5. The summed E-state index contributed by atoms with van der Waals surface area (Å²) in [6.07, 6.45) is 1.46. The largest absolute Gasteiger partial charge is 0.328 e. The molecule has 2 atom stereocenters. The minimum absolute atomic E-state index is 0.226. The Morgan fingerprint density at radius 2 is 1.70 bits per heavy atom. The molecule has 1 aromatic carbocycles. The minimum atomic E-state index is -0.499. The van der Waals surface area contributed by atoms with Crippen molar-refractivity contribution in [3.63, 3.8) is 0 Å². The predicted molar refractivity (Wildman–Crippen MR) is 85.0 cm³/mol. The number of rotatable bonds is 1. The zero-order valence-electron chi connectivity index (χ0n) is 13.2. The van der Waals surface area contributed by atoms with E-state index in [4.69, 9.17) is 0 Å². The summed E-state index contributed by atoms with van der Waals surface area (Å²) in [6.45, 7) is 0. The second kappa shape index (κ2) is 4.58. The van der Waals surface area contributed by atoms with Crippen LogP contribution in [-0.4, -0.2) is 70.8 Å². The minimum Gasteiger partial charge on any atom is -0.313 e. The Bertz CT molecular complexity index is 757. The normalized spacial score (nSPS) is 26.4. The van der Waals surface area contributed by atoms with E-state index in [2.05, 4.69) is 4.99 Å². The number of fused-ring (bicyclic) bond motifs is 3. The van der Waals surface area contributed by atoms with Gasteiger partial charge in [-0.05, 0) is 5.56 Å². The third-order valence-corrected chi connectivity index (χ3v) is 4.62. The van der Waals surface area contributed by atoms with Crippen LogP contribution in [0, 0.1) is 0 Å². The van der Waals surface area contributed by atoms with Crippen LogP contribution in [0.2, 0.25) is 0 Å². The second-order valence-corrected chi connectivity index (χ2v) is 5.92. The van der Waals surface area contributed by atoms with Crippen LogP contribution < -0.4 is 0 Å². The number of hydrogen-bond donors (Lipinski definition) is 0. The number of nitrogens with zero attached hydrogens (tertiary/aromatic N) is 5. The van der Waals surface area contributed by atoms with Crippen LogP contribution in [-0.2, 0) is 4.79 Å². The molecule has 3 aliphatic heterocycles. The number of amides is 3. The van der Waals surface area contributed by atoms with Crippen molar-refractivity contribution in [1.82, 2.24) is 19.6 Å². The summed E-state index contributed by atoms with van der Waals surface area (Å²) in [6, 6.07) is 9.14. The third-order valence-electron chi connectivity index (χ3n) is 4.62. The van der Waals surface area contributed by atoms with E-state index >= 15 is 0 Å². The number of aliphatic imine (C=N–C) groups is 1. The predicted octanol–water partition coefficient (Wildman–Crippen LogP) is 0.820. The Kier molecular flexibility index (Phi) is 2.75. The van der Waals surface area contributed by atoms with Gasteiger partial charge < -0.3 is 14.7 Å². The standard InChI is InChI=1S/C16H17N5O2/c1-18-11(10-7-5-4-6-8-10)9-21-12-13(17-15(18)21)19(2)16(23)20(3)14(12)22/h4-9,12-13H,1-3H3. The molecule has 0 aliphatic carbocycles. The van der Waals surface area contributed by atoms with Crippen LogP contribution in [0.3, 0.4) is 0 Å². The van der Waals surface area contributed by atoms with E-state index in [1.54, 1.807) is 7.05 Å². The Morgan fingerprint density at radius 3 is 2.39 bits per heavy atom. The molecular weight excluding hydrogens is 294 g/mol. The SMILES string of the molecule is CN1C(=O)C2C(N=C3N(C)C(c4ccccc4)=CN32)N(C)C1=O. The van der Waals surface area contributed by atoms with Crippen LogP contribution >= 0.6 is 0 Å². The number of likely N-dealkylation sites (N-methyl/N-ethyl adjacent to an activating group) is 2. The van der Waals surface area contributed by atoms with E-state index in [0.29, 0.717) is 5.96 Å². The van der Waals surface area contributed by atoms with Crippen LogP contribution in [0.15, 0.2) is 41.5 Å². The lowest BCUT2D eigenvalue weighted by atomic mass is 10.1. The van der Waals surface area contributed by atoms with Crippen molar-refractivity contribution in [3.05, 3.63) is 42.1 Å². The van der Waals surface area contributed by atoms with Gasteiger partial charge in [0, 0.05) is 27.3 Å². The summed E-state index contributed by atoms with van der Waals surface area (Å²) >= 11 is 0. The Hall–Kier alpha value is -2.83. The van der Waals surface area contributed by atoms with E-state index in [0.717, 1.165) is 16.2 Å². The van der Waals surface area contributed by atoms with Gasteiger partial charge in [0.2, 0.25) is 5.96 Å². The Morgan fingerprint density at radius 1 is 1.00 bits per heavy atom. The highest BCUT2D eigenvalue weighted by molar-refractivity contribution is 6.06. The fourth-order valence-electron chi connectivity index (χ4n) is 3.31. The zero-order valence-corrected chi connectivity index (χ0v) is 13.2. The lowest BCUT2D eigenvalue weighted by Crippen LogP contribution is -2.63. The molecule has 0 bridgehead atoms. The monoisotopic (exact) mass is 311 g/mol. The lowest BCUT2D eigenvalue weighted by Gasteiger charge is -2.38. The van der Waals surface area contributed by atoms with Crippen molar-refractivity contribution in [2.75, 3.05) is 21.1 Å². The molecule has 3 heterocycles. The van der Waals surface area contributed by atoms with Crippen molar-refractivity contribution < 1.29 is 9.59 Å². The van der Waals surface area contributed by atoms with Gasteiger partial charge in [-0.15, -0.1) is 0 Å².